The van der Waals surface area contributed by atoms with Crippen LogP contribution in [0.5, 0.6) is 0 Å². The van der Waals surface area contributed by atoms with Gasteiger partial charge in [-0.15, -0.1) is 0 Å². The van der Waals surface area contributed by atoms with Crippen LogP contribution >= 0.6 is 0 Å². The molecular weight excluding hydrogens is 570 g/mol. The maximum atomic E-state index is 10.1. The van der Waals surface area contributed by atoms with Crippen molar-refractivity contribution in [2.45, 2.75) is 18.9 Å². The first-order valence-electron chi connectivity index (χ1n) is 13.3. The van der Waals surface area contributed by atoms with Gasteiger partial charge in [0, 0.05) is 25.7 Å². The molecule has 13 N–H and O–H groups in total. The van der Waals surface area contributed by atoms with Gasteiger partial charge in [-0.1, -0.05) is 0 Å². The number of nitrogens with zero attached hydrogens (tertiary/aromatic N) is 4. The fraction of sp³-hybridized carbons (Fsp3) is 0.840. The smallest absolute Gasteiger partial charge is 0.185 e. The molecule has 0 aliphatic heterocycles. The molecule has 0 saturated heterocycles. The van der Waals surface area contributed by atoms with Gasteiger partial charge in [-0.3, -0.25) is 4.99 Å². The molecule has 43 heavy (non-hydrogen) atoms. The standard InChI is InChI=1S/C6H14N4O2.3C5H14NO.2C2H5NO2/c7-4(5(11)12)2-1-3-10-6(8)9;3*1-6(2,3)4-5-7;2*3-1-2(4)5/h4H,1-3,7H2,(H,11,12)(H4,8,9,10);3*7H,4-5H2,1-3H3;2*1,3H2,(H,4,5)/q;3*+1;;/p-3/t4-;;;;;/m0...../s1. The summed E-state index contributed by atoms with van der Waals surface area (Å²) in [6, 6.07) is -0.931. The summed E-state index contributed by atoms with van der Waals surface area (Å²) in [4.78, 5) is 32.0. The summed E-state index contributed by atoms with van der Waals surface area (Å²) in [7, 11) is 18.5. The molecule has 18 heteroatoms. The number of carboxylic acids is 3. The Balaban J connectivity index is -0.0000000985. The molecule has 0 unspecified atom stereocenters. The number of aliphatic hydroxyl groups excluding tert-OH is 3. The minimum atomic E-state index is -1.25. The van der Waals surface area contributed by atoms with E-state index in [1.807, 2.05) is 0 Å². The third-order valence-corrected chi connectivity index (χ3v) is 3.92. The fourth-order valence-corrected chi connectivity index (χ4v) is 1.54. The number of guanidine groups is 1. The van der Waals surface area contributed by atoms with Crippen molar-refractivity contribution in [1.82, 2.24) is 0 Å². The van der Waals surface area contributed by atoms with Gasteiger partial charge >= 0.3 is 0 Å². The molecule has 0 aromatic rings. The van der Waals surface area contributed by atoms with E-state index in [1.54, 1.807) is 0 Å². The van der Waals surface area contributed by atoms with Crippen molar-refractivity contribution < 1.29 is 58.5 Å². The van der Waals surface area contributed by atoms with Crippen molar-refractivity contribution in [3.63, 3.8) is 0 Å². The molecule has 0 radical (unpaired) electrons. The van der Waals surface area contributed by atoms with Gasteiger partial charge in [0.1, 0.15) is 19.6 Å². The number of carbonyl (C=O) groups is 3. The number of carbonyl (C=O) groups excluding carboxylic acids is 3. The van der Waals surface area contributed by atoms with Crippen LogP contribution in [0.4, 0.5) is 0 Å². The van der Waals surface area contributed by atoms with E-state index in [2.05, 4.69) is 79.9 Å². The van der Waals surface area contributed by atoms with E-state index in [9.17, 15) is 9.90 Å². The zero-order valence-corrected chi connectivity index (χ0v) is 27.8. The number of carboxylic acid groups (broad SMARTS) is 3. The summed E-state index contributed by atoms with van der Waals surface area (Å²) >= 11 is 0. The van der Waals surface area contributed by atoms with Crippen LogP contribution in [0.25, 0.3) is 0 Å². The van der Waals surface area contributed by atoms with E-state index in [4.69, 9.17) is 52.3 Å². The van der Waals surface area contributed by atoms with Gasteiger partial charge in [0.2, 0.25) is 0 Å². The third-order valence-electron chi connectivity index (χ3n) is 3.92. The Bertz CT molecular complexity index is 637. The van der Waals surface area contributed by atoms with E-state index in [0.29, 0.717) is 19.4 Å². The highest BCUT2D eigenvalue weighted by Crippen LogP contribution is 1.93. The highest BCUT2D eigenvalue weighted by Gasteiger charge is 2.03. The van der Waals surface area contributed by atoms with Crippen molar-refractivity contribution >= 4 is 23.9 Å². The van der Waals surface area contributed by atoms with Crippen molar-refractivity contribution in [2.24, 2.45) is 33.7 Å². The quantitative estimate of drug-likeness (QED) is 0.0404. The van der Waals surface area contributed by atoms with Gasteiger partial charge < -0.3 is 87.1 Å². The van der Waals surface area contributed by atoms with Gasteiger partial charge in [0.15, 0.2) is 5.96 Å². The summed E-state index contributed by atoms with van der Waals surface area (Å²) in [6.07, 6.45) is 0.853. The number of rotatable bonds is 13. The first-order valence-corrected chi connectivity index (χ1v) is 13.3. The molecular formula is C25H63N9O9. The topological polar surface area (TPSA) is 324 Å². The Morgan fingerprint density at radius 3 is 1.05 bits per heavy atom. The summed E-state index contributed by atoms with van der Waals surface area (Å²) in [5, 5.41) is 53.5. The summed E-state index contributed by atoms with van der Waals surface area (Å²) in [6.45, 7) is 2.96. The number of nitrogens with two attached hydrogens (primary N) is 5. The van der Waals surface area contributed by atoms with Crippen molar-refractivity contribution in [1.29, 1.82) is 0 Å². The Morgan fingerprint density at radius 2 is 0.930 bits per heavy atom. The lowest BCUT2D eigenvalue weighted by atomic mass is 10.2. The number of aliphatic carboxylic acids is 3. The SMILES string of the molecule is C[N+](C)(C)CCO.C[N+](C)(C)CCO.C[N+](C)(C)CCO.NC(N)=NCCC[C@H](N)C(=O)[O-].NCC(=O)[O-].NCC(=O)[O-]. The first kappa shape index (κ1) is 52.9. The number of aliphatic hydroxyl groups is 3. The predicted octanol–water partition coefficient (Wildman–Crippen LogP) is -8.44. The summed E-state index contributed by atoms with van der Waals surface area (Å²) < 4.78 is 2.53. The van der Waals surface area contributed by atoms with Gasteiger partial charge in [-0.2, -0.15) is 0 Å². The molecule has 0 aliphatic carbocycles. The van der Waals surface area contributed by atoms with E-state index in [0.717, 1.165) is 33.1 Å². The lowest BCUT2D eigenvalue weighted by molar-refractivity contribution is -0.870. The molecule has 1 atom stereocenters. The lowest BCUT2D eigenvalue weighted by Crippen LogP contribution is -2.41. The minimum absolute atomic E-state index is 0.00276. The largest absolute Gasteiger partial charge is 0.549 e. The Kier molecular flexibility index (Phi) is 39.7. The first-order chi connectivity index (χ1) is 19.3. The summed E-state index contributed by atoms with van der Waals surface area (Å²) in [5.74, 6) is -3.69. The zero-order valence-electron chi connectivity index (χ0n) is 27.8. The molecule has 0 rings (SSSR count). The fourth-order valence-electron chi connectivity index (χ4n) is 1.54. The predicted molar refractivity (Wildman–Crippen MR) is 161 cm³/mol. The molecule has 0 fully saturated rings. The second-order valence-corrected chi connectivity index (χ2v) is 11.7. The maximum Gasteiger partial charge on any atom is 0.185 e. The van der Waals surface area contributed by atoms with Crippen LogP contribution in [-0.2, 0) is 14.4 Å². The van der Waals surface area contributed by atoms with Crippen molar-refractivity contribution in [2.75, 3.05) is 123 Å². The number of hydrogen-bond donors (Lipinski definition) is 8. The highest BCUT2D eigenvalue weighted by molar-refractivity contribution is 5.75. The molecule has 0 heterocycles. The van der Waals surface area contributed by atoms with Crippen molar-refractivity contribution in [3.8, 4) is 0 Å². The van der Waals surface area contributed by atoms with Crippen LogP contribution in [0.2, 0.25) is 0 Å². The monoisotopic (exact) mass is 633 g/mol. The number of quaternary nitrogens is 3. The second kappa shape index (κ2) is 32.2. The summed E-state index contributed by atoms with van der Waals surface area (Å²) in [5.41, 5.74) is 24.3. The molecule has 0 bridgehead atoms. The Labute approximate surface area is 257 Å². The van der Waals surface area contributed by atoms with Crippen LogP contribution in [0.1, 0.15) is 12.8 Å². The van der Waals surface area contributed by atoms with Crippen LogP contribution in [-0.4, -0.2) is 181 Å². The minimum Gasteiger partial charge on any atom is -0.549 e. The molecule has 0 aromatic carbocycles. The third kappa shape index (κ3) is 92.6. The number of aliphatic imine (C=N–C) groups is 1. The second-order valence-electron chi connectivity index (χ2n) is 11.7. The average Bonchev–Trinajstić information content (AvgIpc) is 2.81. The molecule has 262 valence electrons. The van der Waals surface area contributed by atoms with Crippen LogP contribution in [0.3, 0.4) is 0 Å². The van der Waals surface area contributed by atoms with Gasteiger partial charge in [0.25, 0.3) is 0 Å². The molecule has 0 saturated carbocycles. The molecule has 0 aromatic heterocycles. The molecule has 18 nitrogen and oxygen atoms in total. The zero-order chi connectivity index (χ0) is 35.9. The number of hydrogen-bond acceptors (Lipinski definition) is 13. The van der Waals surface area contributed by atoms with E-state index in [-0.39, 0.29) is 38.9 Å². The Morgan fingerprint density at radius 1 is 0.674 bits per heavy atom. The normalized spacial score (nSPS) is 11.0. The number of likely N-dealkylation sites (N-methyl/N-ethyl adjacent to an activating group) is 3. The lowest BCUT2D eigenvalue weighted by Gasteiger charge is -2.21. The van der Waals surface area contributed by atoms with Crippen LogP contribution in [0, 0.1) is 0 Å². The molecule has 0 spiro atoms. The van der Waals surface area contributed by atoms with Crippen molar-refractivity contribution in [3.05, 3.63) is 0 Å². The maximum absolute atomic E-state index is 10.1. The van der Waals surface area contributed by atoms with Crippen LogP contribution < -0.4 is 44.0 Å². The highest BCUT2D eigenvalue weighted by atomic mass is 16.4. The molecule has 0 aliphatic rings. The van der Waals surface area contributed by atoms with Gasteiger partial charge in [-0.05, 0) is 12.8 Å². The average molecular weight is 634 g/mol. The van der Waals surface area contributed by atoms with Crippen LogP contribution in [0.15, 0.2) is 4.99 Å². The van der Waals surface area contributed by atoms with E-state index >= 15 is 0 Å². The van der Waals surface area contributed by atoms with E-state index < -0.39 is 23.9 Å². The Hall–Kier alpha value is -2.68. The van der Waals surface area contributed by atoms with E-state index in [1.165, 1.54) is 0 Å². The van der Waals surface area contributed by atoms with Gasteiger partial charge in [0.05, 0.1) is 101 Å². The molecule has 0 amide bonds. The van der Waals surface area contributed by atoms with Gasteiger partial charge in [-0.25, -0.2) is 0 Å².